The van der Waals surface area contributed by atoms with E-state index in [-0.39, 0.29) is 11.7 Å². The van der Waals surface area contributed by atoms with E-state index in [1.54, 1.807) is 6.07 Å². The van der Waals surface area contributed by atoms with Crippen LogP contribution in [0.25, 0.3) is 5.65 Å². The maximum absolute atomic E-state index is 12.7. The van der Waals surface area contributed by atoms with Crippen molar-refractivity contribution in [2.75, 3.05) is 31.6 Å². The molecule has 1 aliphatic rings. The molecule has 114 valence electrons. The van der Waals surface area contributed by atoms with E-state index in [9.17, 15) is 13.2 Å². The average Bonchev–Trinajstić information content (AvgIpc) is 2.89. The Labute approximate surface area is 117 Å². The summed E-state index contributed by atoms with van der Waals surface area (Å²) in [5, 5.41) is 16.7. The first-order valence-electron chi connectivity index (χ1n) is 6.39. The van der Waals surface area contributed by atoms with Crippen LogP contribution in [-0.2, 0) is 10.9 Å². The Kier molecular flexibility index (Phi) is 3.64. The Hall–Kier alpha value is -1.94. The third kappa shape index (κ3) is 3.05. The number of halogens is 3. The number of morpholine rings is 1. The zero-order chi connectivity index (χ0) is 14.9. The monoisotopic (exact) mass is 302 g/mol. The predicted molar refractivity (Wildman–Crippen MR) is 66.9 cm³/mol. The summed E-state index contributed by atoms with van der Waals surface area (Å²) in [7, 11) is 0. The molecule has 21 heavy (non-hydrogen) atoms. The van der Waals surface area contributed by atoms with Gasteiger partial charge in [-0.2, -0.15) is 17.7 Å². The van der Waals surface area contributed by atoms with Gasteiger partial charge in [0.25, 0.3) is 5.82 Å². The second kappa shape index (κ2) is 5.45. The van der Waals surface area contributed by atoms with Crippen LogP contribution in [0.1, 0.15) is 5.82 Å². The van der Waals surface area contributed by atoms with E-state index < -0.39 is 12.0 Å². The van der Waals surface area contributed by atoms with Crippen molar-refractivity contribution in [3.63, 3.8) is 0 Å². The van der Waals surface area contributed by atoms with E-state index in [1.807, 2.05) is 0 Å². The predicted octanol–water partition coefficient (Wildman–Crippen LogP) is 0.543. The fourth-order valence-electron chi connectivity index (χ4n) is 2.04. The molecule has 1 aliphatic heterocycles. The number of fused-ring (bicyclic) bond motifs is 1. The van der Waals surface area contributed by atoms with Crippen molar-refractivity contribution in [1.82, 2.24) is 25.1 Å². The summed E-state index contributed by atoms with van der Waals surface area (Å²) in [6.45, 7) is 2.47. The molecule has 0 saturated carbocycles. The first-order valence-corrected chi connectivity index (χ1v) is 6.39. The fourth-order valence-corrected chi connectivity index (χ4v) is 2.04. The Bertz CT molecular complexity index is 622. The van der Waals surface area contributed by atoms with Crippen LogP contribution >= 0.6 is 0 Å². The number of rotatable bonds is 3. The molecule has 1 unspecified atom stereocenters. The highest BCUT2D eigenvalue weighted by molar-refractivity contribution is 5.44. The van der Waals surface area contributed by atoms with E-state index in [0.717, 1.165) is 6.54 Å². The van der Waals surface area contributed by atoms with Gasteiger partial charge >= 0.3 is 6.18 Å². The lowest BCUT2D eigenvalue weighted by Crippen LogP contribution is -2.45. The first kappa shape index (κ1) is 14.0. The van der Waals surface area contributed by atoms with Crippen LogP contribution in [0.2, 0.25) is 0 Å². The molecule has 0 aromatic carbocycles. The molecular formula is C11H13F3N6O. The zero-order valence-electron chi connectivity index (χ0n) is 10.9. The van der Waals surface area contributed by atoms with Gasteiger partial charge in [0.1, 0.15) is 5.82 Å². The van der Waals surface area contributed by atoms with Crippen LogP contribution in [0.15, 0.2) is 12.1 Å². The molecule has 0 spiro atoms. The van der Waals surface area contributed by atoms with Crippen molar-refractivity contribution in [2.24, 2.45) is 0 Å². The van der Waals surface area contributed by atoms with Gasteiger partial charge in [0.2, 0.25) is 0 Å². The molecule has 1 fully saturated rings. The molecule has 0 bridgehead atoms. The lowest BCUT2D eigenvalue weighted by Gasteiger charge is -2.24. The molecule has 2 aromatic heterocycles. The number of nitrogens with one attached hydrogen (secondary N) is 2. The fraction of sp³-hybridized carbons (Fsp3) is 0.545. The van der Waals surface area contributed by atoms with E-state index in [1.165, 1.54) is 6.07 Å². The topological polar surface area (TPSA) is 76.4 Å². The molecule has 2 aromatic rings. The molecule has 0 amide bonds. The van der Waals surface area contributed by atoms with Gasteiger partial charge < -0.3 is 15.4 Å². The number of ether oxygens (including phenoxy) is 1. The van der Waals surface area contributed by atoms with Gasteiger partial charge in [-0.25, -0.2) is 0 Å². The van der Waals surface area contributed by atoms with Crippen molar-refractivity contribution in [2.45, 2.75) is 12.2 Å². The number of aromatic nitrogens is 4. The molecule has 1 saturated heterocycles. The number of hydrogen-bond acceptors (Lipinski definition) is 6. The summed E-state index contributed by atoms with van der Waals surface area (Å²) in [6, 6.07) is 3.09. The highest BCUT2D eigenvalue weighted by atomic mass is 19.4. The highest BCUT2D eigenvalue weighted by Crippen LogP contribution is 2.27. The van der Waals surface area contributed by atoms with Gasteiger partial charge in [-0.1, -0.05) is 0 Å². The molecule has 3 heterocycles. The van der Waals surface area contributed by atoms with Gasteiger partial charge in [-0.15, -0.1) is 15.3 Å². The Morgan fingerprint density at radius 2 is 2.24 bits per heavy atom. The minimum absolute atomic E-state index is 0.0481. The molecular weight excluding hydrogens is 289 g/mol. The van der Waals surface area contributed by atoms with Crippen LogP contribution in [0.4, 0.5) is 19.0 Å². The smallest absolute Gasteiger partial charge is 0.378 e. The number of hydrogen-bond donors (Lipinski definition) is 2. The summed E-state index contributed by atoms with van der Waals surface area (Å²) in [4.78, 5) is 0. The summed E-state index contributed by atoms with van der Waals surface area (Å²) < 4.78 is 44.2. The van der Waals surface area contributed by atoms with E-state index in [4.69, 9.17) is 4.74 Å². The molecule has 3 rings (SSSR count). The Morgan fingerprint density at radius 1 is 1.38 bits per heavy atom. The Balaban J connectivity index is 1.76. The normalized spacial score (nSPS) is 19.9. The second-order valence-corrected chi connectivity index (χ2v) is 4.62. The van der Waals surface area contributed by atoms with Crippen LogP contribution in [-0.4, -0.2) is 52.2 Å². The van der Waals surface area contributed by atoms with Crippen molar-refractivity contribution < 1.29 is 17.9 Å². The van der Waals surface area contributed by atoms with Crippen LogP contribution in [0, 0.1) is 0 Å². The van der Waals surface area contributed by atoms with Gasteiger partial charge in [-0.05, 0) is 12.1 Å². The molecule has 0 aliphatic carbocycles. The lowest BCUT2D eigenvalue weighted by atomic mass is 10.3. The van der Waals surface area contributed by atoms with E-state index in [2.05, 4.69) is 25.9 Å². The average molecular weight is 302 g/mol. The number of alkyl halides is 3. The second-order valence-electron chi connectivity index (χ2n) is 4.62. The maximum atomic E-state index is 12.7. The third-order valence-corrected chi connectivity index (χ3v) is 3.04. The highest BCUT2D eigenvalue weighted by Gasteiger charge is 2.37. The van der Waals surface area contributed by atoms with Crippen molar-refractivity contribution in [3.8, 4) is 0 Å². The standard InChI is InChI=1S/C11H13F3N6O/c12-11(13,14)10-18-17-9-2-1-8(19-20(9)10)16-5-7-6-21-4-3-15-7/h1-2,7,15H,3-6H2,(H,16,19). The summed E-state index contributed by atoms with van der Waals surface area (Å²) in [5.74, 6) is -0.819. The maximum Gasteiger partial charge on any atom is 0.453 e. The SMILES string of the molecule is FC(F)(F)c1nnc2ccc(NCC3COCCN3)nn12. The van der Waals surface area contributed by atoms with Crippen molar-refractivity contribution >= 4 is 11.5 Å². The quantitative estimate of drug-likeness (QED) is 0.862. The number of nitrogens with zero attached hydrogens (tertiary/aromatic N) is 4. The first-order chi connectivity index (χ1) is 10.0. The van der Waals surface area contributed by atoms with Gasteiger partial charge in [0.05, 0.1) is 13.2 Å². The van der Waals surface area contributed by atoms with Crippen LogP contribution < -0.4 is 10.6 Å². The zero-order valence-corrected chi connectivity index (χ0v) is 10.9. The van der Waals surface area contributed by atoms with Crippen molar-refractivity contribution in [1.29, 1.82) is 0 Å². The van der Waals surface area contributed by atoms with Crippen LogP contribution in [0.3, 0.4) is 0 Å². The van der Waals surface area contributed by atoms with Crippen LogP contribution in [0.5, 0.6) is 0 Å². The largest absolute Gasteiger partial charge is 0.453 e. The lowest BCUT2D eigenvalue weighted by molar-refractivity contribution is -0.146. The number of anilines is 1. The van der Waals surface area contributed by atoms with Gasteiger partial charge in [-0.3, -0.25) is 0 Å². The van der Waals surface area contributed by atoms with Gasteiger partial charge in [0.15, 0.2) is 5.65 Å². The molecule has 7 nitrogen and oxygen atoms in total. The Morgan fingerprint density at radius 3 is 2.95 bits per heavy atom. The molecule has 10 heteroatoms. The molecule has 0 radical (unpaired) electrons. The van der Waals surface area contributed by atoms with E-state index in [0.29, 0.717) is 30.1 Å². The third-order valence-electron chi connectivity index (χ3n) is 3.04. The minimum Gasteiger partial charge on any atom is -0.378 e. The summed E-state index contributed by atoms with van der Waals surface area (Å²) in [6.07, 6.45) is -4.59. The summed E-state index contributed by atoms with van der Waals surface area (Å²) in [5.41, 5.74) is 0.0481. The molecule has 1 atom stereocenters. The summed E-state index contributed by atoms with van der Waals surface area (Å²) >= 11 is 0. The molecule has 2 N–H and O–H groups in total. The van der Waals surface area contributed by atoms with Gasteiger partial charge in [0, 0.05) is 19.1 Å². The minimum atomic E-state index is -4.59. The van der Waals surface area contributed by atoms with E-state index >= 15 is 0 Å². The van der Waals surface area contributed by atoms with Crippen molar-refractivity contribution in [3.05, 3.63) is 18.0 Å².